The van der Waals surface area contributed by atoms with Crippen molar-refractivity contribution in [2.75, 3.05) is 26.2 Å². The maximum Gasteiger partial charge on any atom is 0.184 e. The quantitative estimate of drug-likeness (QED) is 0.545. The normalized spacial score (nSPS) is 21.2. The molecule has 0 aromatic carbocycles. The Morgan fingerprint density at radius 3 is 2.46 bits per heavy atom. The highest BCUT2D eigenvalue weighted by Crippen LogP contribution is 2.25. The van der Waals surface area contributed by atoms with Crippen LogP contribution >= 0.6 is 0 Å². The summed E-state index contributed by atoms with van der Waals surface area (Å²) < 4.78 is 11.7. The smallest absolute Gasteiger partial charge is 0.184 e. The van der Waals surface area contributed by atoms with Crippen LogP contribution in [0.1, 0.15) is 54.9 Å². The molecule has 1 atom stereocenters. The number of hydrogen-bond donors (Lipinski definition) is 0. The highest BCUT2D eigenvalue weighted by Gasteiger charge is 2.24. The molecule has 0 aliphatic carbocycles. The van der Waals surface area contributed by atoms with E-state index in [1.165, 1.54) is 0 Å². The summed E-state index contributed by atoms with van der Waals surface area (Å²) in [6.45, 7) is 21.7. The van der Waals surface area contributed by atoms with Crippen molar-refractivity contribution in [1.29, 1.82) is 0 Å². The highest BCUT2D eigenvalue weighted by atomic mass is 16.5. The zero-order valence-electron chi connectivity index (χ0n) is 16.6. The largest absolute Gasteiger partial charge is 0.476 e. The Balaban J connectivity index is 2.43. The average Bonchev–Trinajstić information content (AvgIpc) is 2.83. The monoisotopic (exact) mass is 337 g/mol. The summed E-state index contributed by atoms with van der Waals surface area (Å²) >= 11 is 0. The third-order valence-electron chi connectivity index (χ3n) is 3.82. The molecule has 0 bridgehead atoms. The first kappa shape index (κ1) is 20.8. The number of nitrogens with zero attached hydrogens (tertiary/aromatic N) is 3. The van der Waals surface area contributed by atoms with Crippen LogP contribution in [0.15, 0.2) is 21.9 Å². The number of ether oxygens (including phenoxy) is 2. The SMILES string of the molecule is C=N/C(=C\N=C(C)O[C@@H]1CCN(CCOC(C)(C)C)C1)C(C)(C)C. The van der Waals surface area contributed by atoms with Gasteiger partial charge in [0.15, 0.2) is 5.90 Å². The van der Waals surface area contributed by atoms with E-state index in [0.29, 0.717) is 5.90 Å². The Kier molecular flexibility index (Phi) is 7.61. The zero-order valence-corrected chi connectivity index (χ0v) is 16.6. The van der Waals surface area contributed by atoms with E-state index in [9.17, 15) is 0 Å². The third kappa shape index (κ3) is 8.06. The molecule has 0 aromatic heterocycles. The van der Waals surface area contributed by atoms with Gasteiger partial charge in [-0.1, -0.05) is 20.8 Å². The standard InChI is InChI=1S/C19H35N3O2/c1-15(21-13-17(20-8)18(2,3)4)24-16-9-10-22(14-16)11-12-23-19(5,6)7/h13,16H,8-12,14H2,1-7H3/b17-13-,21-15?/t16-/m1/s1. The van der Waals surface area contributed by atoms with Gasteiger partial charge in [-0.2, -0.15) is 0 Å². The van der Waals surface area contributed by atoms with Gasteiger partial charge in [0.1, 0.15) is 6.10 Å². The number of likely N-dealkylation sites (tertiary alicyclic amines) is 1. The van der Waals surface area contributed by atoms with Gasteiger partial charge in [0.25, 0.3) is 0 Å². The Hall–Kier alpha value is -1.20. The second-order valence-electron chi connectivity index (χ2n) is 8.36. The molecule has 5 nitrogen and oxygen atoms in total. The molecular weight excluding hydrogens is 302 g/mol. The van der Waals surface area contributed by atoms with Gasteiger partial charge >= 0.3 is 0 Å². The molecule has 1 saturated heterocycles. The van der Waals surface area contributed by atoms with E-state index >= 15 is 0 Å². The summed E-state index contributed by atoms with van der Waals surface area (Å²) in [5.74, 6) is 0.679. The molecule has 24 heavy (non-hydrogen) atoms. The minimum Gasteiger partial charge on any atom is -0.476 e. The fourth-order valence-electron chi connectivity index (χ4n) is 2.47. The predicted octanol–water partition coefficient (Wildman–Crippen LogP) is 3.90. The summed E-state index contributed by atoms with van der Waals surface area (Å²) in [6, 6.07) is 0. The number of hydrogen-bond acceptors (Lipinski definition) is 5. The van der Waals surface area contributed by atoms with E-state index < -0.39 is 0 Å². The molecule has 1 fully saturated rings. The van der Waals surface area contributed by atoms with Crippen LogP contribution in [0.2, 0.25) is 0 Å². The lowest BCUT2D eigenvalue weighted by Crippen LogP contribution is -2.30. The second-order valence-corrected chi connectivity index (χ2v) is 8.36. The Morgan fingerprint density at radius 1 is 1.25 bits per heavy atom. The molecule has 1 aliphatic rings. The van der Waals surface area contributed by atoms with Crippen molar-refractivity contribution in [3.63, 3.8) is 0 Å². The molecular formula is C19H35N3O2. The van der Waals surface area contributed by atoms with E-state index in [0.717, 1.165) is 38.4 Å². The first-order chi connectivity index (χ1) is 11.0. The number of aliphatic imine (C=N–C) groups is 2. The first-order valence-electron chi connectivity index (χ1n) is 8.76. The van der Waals surface area contributed by atoms with Crippen molar-refractivity contribution in [2.45, 2.75) is 66.6 Å². The number of rotatable bonds is 6. The summed E-state index contributed by atoms with van der Waals surface area (Å²) in [5, 5.41) is 0. The molecule has 0 saturated carbocycles. The molecule has 0 spiro atoms. The van der Waals surface area contributed by atoms with Crippen LogP contribution in [-0.2, 0) is 9.47 Å². The zero-order chi connectivity index (χ0) is 18.4. The van der Waals surface area contributed by atoms with E-state index in [2.05, 4.69) is 63.1 Å². The van der Waals surface area contributed by atoms with E-state index in [1.807, 2.05) is 6.92 Å². The molecule has 0 unspecified atom stereocenters. The van der Waals surface area contributed by atoms with E-state index in [4.69, 9.17) is 9.47 Å². The Labute approximate surface area is 147 Å². The van der Waals surface area contributed by atoms with Gasteiger partial charge in [0.05, 0.1) is 24.1 Å². The fourth-order valence-corrected chi connectivity index (χ4v) is 2.47. The lowest BCUT2D eigenvalue weighted by atomic mass is 9.93. The third-order valence-corrected chi connectivity index (χ3v) is 3.82. The van der Waals surface area contributed by atoms with Crippen molar-refractivity contribution in [1.82, 2.24) is 4.90 Å². The average molecular weight is 338 g/mol. The highest BCUT2D eigenvalue weighted by molar-refractivity contribution is 5.74. The van der Waals surface area contributed by atoms with Gasteiger partial charge in [-0.15, -0.1) is 0 Å². The van der Waals surface area contributed by atoms with E-state index in [1.54, 1.807) is 6.20 Å². The molecule has 0 amide bonds. The van der Waals surface area contributed by atoms with Gasteiger partial charge in [0, 0.05) is 32.0 Å². The van der Waals surface area contributed by atoms with Gasteiger partial charge < -0.3 is 9.47 Å². The maximum absolute atomic E-state index is 5.96. The van der Waals surface area contributed by atoms with Gasteiger partial charge in [-0.25, -0.2) is 4.99 Å². The summed E-state index contributed by atoms with van der Waals surface area (Å²) in [5.41, 5.74) is 0.718. The van der Waals surface area contributed by atoms with Crippen LogP contribution in [-0.4, -0.2) is 55.5 Å². The Bertz CT molecular complexity index is 470. The molecule has 0 N–H and O–H groups in total. The van der Waals surface area contributed by atoms with E-state index in [-0.39, 0.29) is 17.1 Å². The molecule has 1 rings (SSSR count). The predicted molar refractivity (Wildman–Crippen MR) is 102 cm³/mol. The molecule has 138 valence electrons. The number of allylic oxidation sites excluding steroid dienone is 1. The lowest BCUT2D eigenvalue weighted by Gasteiger charge is -2.22. The maximum atomic E-state index is 5.96. The van der Waals surface area contributed by atoms with Crippen LogP contribution in [0.3, 0.4) is 0 Å². The molecule has 0 radical (unpaired) electrons. The van der Waals surface area contributed by atoms with Gasteiger partial charge in [-0.05, 0) is 33.9 Å². The summed E-state index contributed by atoms with van der Waals surface area (Å²) in [7, 11) is 0. The Morgan fingerprint density at radius 2 is 1.92 bits per heavy atom. The molecule has 1 aliphatic heterocycles. The summed E-state index contributed by atoms with van der Waals surface area (Å²) in [4.78, 5) is 10.8. The molecule has 1 heterocycles. The van der Waals surface area contributed by atoms with Gasteiger partial charge in [-0.3, -0.25) is 9.89 Å². The van der Waals surface area contributed by atoms with Crippen molar-refractivity contribution in [2.24, 2.45) is 15.4 Å². The van der Waals surface area contributed by atoms with Crippen LogP contribution in [0.5, 0.6) is 0 Å². The summed E-state index contributed by atoms with van der Waals surface area (Å²) in [6.07, 6.45) is 2.98. The van der Waals surface area contributed by atoms with Crippen molar-refractivity contribution >= 4 is 12.6 Å². The van der Waals surface area contributed by atoms with Crippen molar-refractivity contribution < 1.29 is 9.47 Å². The van der Waals surface area contributed by atoms with Crippen molar-refractivity contribution in [3.8, 4) is 0 Å². The molecule has 0 aromatic rings. The minimum absolute atomic E-state index is 0.0667. The van der Waals surface area contributed by atoms with Crippen LogP contribution in [0, 0.1) is 5.41 Å². The first-order valence-corrected chi connectivity index (χ1v) is 8.76. The van der Waals surface area contributed by atoms with Crippen LogP contribution in [0.25, 0.3) is 0 Å². The topological polar surface area (TPSA) is 46.4 Å². The van der Waals surface area contributed by atoms with Gasteiger partial charge in [0.2, 0.25) is 0 Å². The second kappa shape index (κ2) is 8.77. The molecule has 5 heteroatoms. The van der Waals surface area contributed by atoms with Crippen LogP contribution in [0.4, 0.5) is 0 Å². The minimum atomic E-state index is -0.0742. The lowest BCUT2D eigenvalue weighted by molar-refractivity contribution is -0.0117. The fraction of sp³-hybridized carbons (Fsp3) is 0.789. The van der Waals surface area contributed by atoms with Crippen LogP contribution < -0.4 is 0 Å². The van der Waals surface area contributed by atoms with Crippen molar-refractivity contribution in [3.05, 3.63) is 11.9 Å².